The van der Waals surface area contributed by atoms with Gasteiger partial charge in [-0.3, -0.25) is 4.79 Å². The van der Waals surface area contributed by atoms with Gasteiger partial charge in [0, 0.05) is 23.1 Å². The molecule has 130 valence electrons. The van der Waals surface area contributed by atoms with Crippen molar-refractivity contribution in [3.05, 3.63) is 60.7 Å². The maximum Gasteiger partial charge on any atom is 0.227 e. The van der Waals surface area contributed by atoms with E-state index in [2.05, 4.69) is 18.3 Å². The van der Waals surface area contributed by atoms with Crippen LogP contribution in [0, 0.1) is 0 Å². The van der Waals surface area contributed by atoms with Crippen molar-refractivity contribution in [1.82, 2.24) is 4.98 Å². The standard InChI is InChI=1S/C22H20N2O2/c1-2-3-11-20(25)23-17-9-6-8-16(14-17)22-24-21-18-10-5-4-7-15(18)12-13-19(21)26-22/h4-10,12-14H,2-3,11H2,1H3,(H,23,25). The van der Waals surface area contributed by atoms with Gasteiger partial charge in [0.05, 0.1) is 0 Å². The Kier molecular flexibility index (Phi) is 4.40. The van der Waals surface area contributed by atoms with Crippen LogP contribution in [-0.2, 0) is 4.79 Å². The summed E-state index contributed by atoms with van der Waals surface area (Å²) in [6, 6.07) is 19.7. The van der Waals surface area contributed by atoms with E-state index in [0.717, 1.165) is 46.0 Å². The molecule has 4 nitrogen and oxygen atoms in total. The molecular formula is C22H20N2O2. The second-order valence-electron chi connectivity index (χ2n) is 6.38. The van der Waals surface area contributed by atoms with Crippen molar-refractivity contribution < 1.29 is 9.21 Å². The summed E-state index contributed by atoms with van der Waals surface area (Å²) >= 11 is 0. The van der Waals surface area contributed by atoms with Crippen molar-refractivity contribution in [2.75, 3.05) is 5.32 Å². The Hall–Kier alpha value is -3.14. The third kappa shape index (κ3) is 3.18. The highest BCUT2D eigenvalue weighted by Crippen LogP contribution is 2.30. The second-order valence-corrected chi connectivity index (χ2v) is 6.38. The molecule has 0 saturated carbocycles. The van der Waals surface area contributed by atoms with Gasteiger partial charge in [-0.15, -0.1) is 0 Å². The molecule has 0 aliphatic rings. The first-order valence-corrected chi connectivity index (χ1v) is 8.93. The Bertz CT molecular complexity index is 1080. The number of oxazole rings is 1. The summed E-state index contributed by atoms with van der Waals surface area (Å²) < 4.78 is 5.96. The SMILES string of the molecule is CCCCC(=O)Nc1cccc(-c2nc3c(ccc4ccccc43)o2)c1. The fraction of sp³-hybridized carbons (Fsp3) is 0.182. The summed E-state index contributed by atoms with van der Waals surface area (Å²) in [5, 5.41) is 5.15. The smallest absolute Gasteiger partial charge is 0.227 e. The quantitative estimate of drug-likeness (QED) is 0.499. The molecule has 4 aromatic rings. The van der Waals surface area contributed by atoms with Gasteiger partial charge in [0.25, 0.3) is 0 Å². The maximum atomic E-state index is 12.0. The molecule has 1 amide bonds. The topological polar surface area (TPSA) is 55.1 Å². The van der Waals surface area contributed by atoms with Gasteiger partial charge in [0.2, 0.25) is 11.8 Å². The van der Waals surface area contributed by atoms with Gasteiger partial charge in [-0.1, -0.05) is 49.7 Å². The number of nitrogens with one attached hydrogen (secondary N) is 1. The third-order valence-corrected chi connectivity index (χ3v) is 4.43. The molecule has 0 spiro atoms. The van der Waals surface area contributed by atoms with Gasteiger partial charge < -0.3 is 9.73 Å². The number of rotatable bonds is 5. The Morgan fingerprint density at radius 3 is 2.85 bits per heavy atom. The average molecular weight is 344 g/mol. The van der Waals surface area contributed by atoms with E-state index in [1.807, 2.05) is 54.6 Å². The number of unbranched alkanes of at least 4 members (excludes halogenated alkanes) is 1. The largest absolute Gasteiger partial charge is 0.436 e. The molecule has 0 unspecified atom stereocenters. The fourth-order valence-corrected chi connectivity index (χ4v) is 3.08. The van der Waals surface area contributed by atoms with E-state index in [0.29, 0.717) is 12.3 Å². The van der Waals surface area contributed by atoms with E-state index in [1.54, 1.807) is 0 Å². The van der Waals surface area contributed by atoms with E-state index in [9.17, 15) is 4.79 Å². The first-order chi connectivity index (χ1) is 12.7. The van der Waals surface area contributed by atoms with E-state index < -0.39 is 0 Å². The molecule has 1 N–H and O–H groups in total. The molecule has 3 aromatic carbocycles. The molecule has 0 aliphatic carbocycles. The predicted octanol–water partition coefficient (Wildman–Crippen LogP) is 5.78. The molecule has 1 aromatic heterocycles. The summed E-state index contributed by atoms with van der Waals surface area (Å²) in [6.45, 7) is 2.07. The number of anilines is 1. The van der Waals surface area contributed by atoms with E-state index in [1.165, 1.54) is 0 Å². The lowest BCUT2D eigenvalue weighted by atomic mass is 10.1. The minimum absolute atomic E-state index is 0.0348. The molecule has 0 saturated heterocycles. The summed E-state index contributed by atoms with van der Waals surface area (Å²) in [6.07, 6.45) is 2.43. The molecule has 26 heavy (non-hydrogen) atoms. The van der Waals surface area contributed by atoms with Crippen molar-refractivity contribution in [3.63, 3.8) is 0 Å². The van der Waals surface area contributed by atoms with Crippen molar-refractivity contribution in [2.45, 2.75) is 26.2 Å². The summed E-state index contributed by atoms with van der Waals surface area (Å²) in [5.41, 5.74) is 3.22. The van der Waals surface area contributed by atoms with E-state index >= 15 is 0 Å². The number of amides is 1. The lowest BCUT2D eigenvalue weighted by molar-refractivity contribution is -0.116. The Morgan fingerprint density at radius 1 is 1.08 bits per heavy atom. The van der Waals surface area contributed by atoms with Crippen LogP contribution in [0.1, 0.15) is 26.2 Å². The van der Waals surface area contributed by atoms with Gasteiger partial charge in [-0.2, -0.15) is 0 Å². The molecule has 0 aliphatic heterocycles. The van der Waals surface area contributed by atoms with Crippen LogP contribution >= 0.6 is 0 Å². The number of aromatic nitrogens is 1. The van der Waals surface area contributed by atoms with Crippen molar-refractivity contribution in [3.8, 4) is 11.5 Å². The fourth-order valence-electron chi connectivity index (χ4n) is 3.08. The molecule has 1 heterocycles. The number of carbonyl (C=O) groups excluding carboxylic acids is 1. The van der Waals surface area contributed by atoms with Crippen molar-refractivity contribution >= 4 is 33.5 Å². The average Bonchev–Trinajstić information content (AvgIpc) is 3.11. The van der Waals surface area contributed by atoms with Crippen molar-refractivity contribution in [1.29, 1.82) is 0 Å². The maximum absolute atomic E-state index is 12.0. The monoisotopic (exact) mass is 344 g/mol. The van der Waals surface area contributed by atoms with Gasteiger partial charge in [-0.25, -0.2) is 4.98 Å². The lowest BCUT2D eigenvalue weighted by Gasteiger charge is -2.05. The van der Waals surface area contributed by atoms with Crippen LogP contribution < -0.4 is 5.32 Å². The molecule has 4 rings (SSSR count). The number of nitrogens with zero attached hydrogens (tertiary/aromatic N) is 1. The number of carbonyl (C=O) groups is 1. The first-order valence-electron chi connectivity index (χ1n) is 8.93. The molecule has 0 radical (unpaired) electrons. The van der Waals surface area contributed by atoms with Crippen LogP contribution in [0.5, 0.6) is 0 Å². The van der Waals surface area contributed by atoms with Crippen LogP contribution in [0.4, 0.5) is 5.69 Å². The number of hydrogen-bond acceptors (Lipinski definition) is 3. The van der Waals surface area contributed by atoms with Crippen LogP contribution in [0.15, 0.2) is 65.1 Å². The summed E-state index contributed by atoms with van der Waals surface area (Å²) in [4.78, 5) is 16.7. The molecule has 0 bridgehead atoms. The minimum Gasteiger partial charge on any atom is -0.436 e. The third-order valence-electron chi connectivity index (χ3n) is 4.43. The first kappa shape index (κ1) is 16.3. The highest BCUT2D eigenvalue weighted by Gasteiger charge is 2.12. The Labute approximate surface area is 151 Å². The van der Waals surface area contributed by atoms with Crippen molar-refractivity contribution in [2.24, 2.45) is 0 Å². The predicted molar refractivity (Wildman–Crippen MR) is 105 cm³/mol. The van der Waals surface area contributed by atoms with Gasteiger partial charge in [0.1, 0.15) is 5.52 Å². The zero-order valence-corrected chi connectivity index (χ0v) is 14.7. The van der Waals surface area contributed by atoms with Crippen LogP contribution in [0.3, 0.4) is 0 Å². The summed E-state index contributed by atoms with van der Waals surface area (Å²) in [7, 11) is 0. The Morgan fingerprint density at radius 2 is 1.96 bits per heavy atom. The number of hydrogen-bond donors (Lipinski definition) is 1. The molecule has 4 heteroatoms. The highest BCUT2D eigenvalue weighted by atomic mass is 16.3. The molecular weight excluding hydrogens is 324 g/mol. The summed E-state index contributed by atoms with van der Waals surface area (Å²) in [5.74, 6) is 0.591. The van der Waals surface area contributed by atoms with Gasteiger partial charge in [-0.05, 0) is 36.1 Å². The normalized spacial score (nSPS) is 11.1. The van der Waals surface area contributed by atoms with Crippen LogP contribution in [0.25, 0.3) is 33.3 Å². The van der Waals surface area contributed by atoms with Gasteiger partial charge in [0.15, 0.2) is 5.58 Å². The van der Waals surface area contributed by atoms with Crippen LogP contribution in [-0.4, -0.2) is 10.9 Å². The minimum atomic E-state index is 0.0348. The second kappa shape index (κ2) is 7.00. The molecule has 0 fully saturated rings. The lowest BCUT2D eigenvalue weighted by Crippen LogP contribution is -2.10. The number of benzene rings is 3. The van der Waals surface area contributed by atoms with Gasteiger partial charge >= 0.3 is 0 Å². The van der Waals surface area contributed by atoms with E-state index in [-0.39, 0.29) is 5.91 Å². The Balaban J connectivity index is 1.68. The molecule has 0 atom stereocenters. The zero-order valence-electron chi connectivity index (χ0n) is 14.7. The number of fused-ring (bicyclic) bond motifs is 3. The van der Waals surface area contributed by atoms with E-state index in [4.69, 9.17) is 9.40 Å². The zero-order chi connectivity index (χ0) is 17.9. The highest BCUT2D eigenvalue weighted by molar-refractivity contribution is 6.04. The van der Waals surface area contributed by atoms with Crippen LogP contribution in [0.2, 0.25) is 0 Å².